The summed E-state index contributed by atoms with van der Waals surface area (Å²) in [5.74, 6) is 0.296. The second-order valence-corrected chi connectivity index (χ2v) is 2.97. The molecule has 1 unspecified atom stereocenters. The topological polar surface area (TPSA) is 88.4 Å². The van der Waals surface area contributed by atoms with Gasteiger partial charge in [-0.25, -0.2) is 0 Å². The predicted molar refractivity (Wildman–Crippen MR) is 51.3 cm³/mol. The lowest BCUT2D eigenvalue weighted by atomic mass is 10.2. The average molecular weight is 182 g/mol. The summed E-state index contributed by atoms with van der Waals surface area (Å²) in [4.78, 5) is 0. The normalized spacial score (nSPS) is 18.8. The lowest BCUT2D eigenvalue weighted by Crippen LogP contribution is -1.84. The number of aromatic hydroxyl groups is 1. The first kappa shape index (κ1) is 9.83. The zero-order valence-electron chi connectivity index (χ0n) is 7.49. The highest BCUT2D eigenvalue weighted by Gasteiger charge is 2.13. The van der Waals surface area contributed by atoms with E-state index in [9.17, 15) is 0 Å². The number of hydrogen-bond donors (Lipinski definition) is 4. The summed E-state index contributed by atoms with van der Waals surface area (Å²) in [6.45, 7) is 2.60. The van der Waals surface area contributed by atoms with Crippen molar-refractivity contribution in [2.24, 2.45) is 0 Å². The van der Waals surface area contributed by atoms with Crippen molar-refractivity contribution in [1.82, 2.24) is 5.32 Å². The first-order chi connectivity index (χ1) is 6.09. The van der Waals surface area contributed by atoms with Gasteiger partial charge in [0.05, 0.1) is 0 Å². The molecule has 1 aromatic rings. The van der Waals surface area contributed by atoms with Crippen LogP contribution < -0.4 is 11.1 Å². The van der Waals surface area contributed by atoms with Crippen LogP contribution in [-0.4, -0.2) is 23.0 Å². The number of β-amino-alcohol motifs (C(OH)–C–C–N with tert-alkyl or cyclic N) is 1. The van der Waals surface area contributed by atoms with E-state index in [1.54, 1.807) is 18.2 Å². The van der Waals surface area contributed by atoms with E-state index in [2.05, 4.69) is 5.32 Å². The van der Waals surface area contributed by atoms with Gasteiger partial charge < -0.3 is 15.9 Å². The highest BCUT2D eigenvalue weighted by atomic mass is 16.3. The molecule has 4 nitrogen and oxygen atoms in total. The highest BCUT2D eigenvalue weighted by molar-refractivity contribution is 5.46. The molecule has 1 atom stereocenters. The molecule has 1 aromatic carbocycles. The van der Waals surface area contributed by atoms with Gasteiger partial charge in [0.1, 0.15) is 12.0 Å². The maximum atomic E-state index is 8.99. The van der Waals surface area contributed by atoms with Crippen molar-refractivity contribution in [3.05, 3.63) is 23.8 Å². The first-order valence-electron chi connectivity index (χ1n) is 4.06. The Hall–Kier alpha value is -1.26. The molecule has 0 aromatic heterocycles. The molecule has 0 saturated carbocycles. The minimum Gasteiger partial charge on any atom is -0.508 e. The van der Waals surface area contributed by atoms with Gasteiger partial charge in [-0.1, -0.05) is 0 Å². The number of nitrogens with one attached hydrogen (secondary N) is 1. The van der Waals surface area contributed by atoms with Gasteiger partial charge in [0.15, 0.2) is 0 Å². The van der Waals surface area contributed by atoms with Gasteiger partial charge in [0.2, 0.25) is 0 Å². The van der Waals surface area contributed by atoms with Crippen molar-refractivity contribution in [3.8, 4) is 5.75 Å². The zero-order chi connectivity index (χ0) is 9.84. The summed E-state index contributed by atoms with van der Waals surface area (Å²) in [5.41, 5.74) is 6.92. The Morgan fingerprint density at radius 1 is 1.54 bits per heavy atom. The van der Waals surface area contributed by atoms with Crippen LogP contribution in [0.5, 0.6) is 5.75 Å². The first-order valence-corrected chi connectivity index (χ1v) is 4.06. The minimum atomic E-state index is -0.167. The molecular formula is C9H14N2O2. The van der Waals surface area contributed by atoms with Crippen molar-refractivity contribution in [2.75, 3.05) is 12.3 Å². The van der Waals surface area contributed by atoms with Crippen LogP contribution in [-0.2, 0) is 0 Å². The van der Waals surface area contributed by atoms with E-state index >= 15 is 0 Å². The molecular weight excluding hydrogens is 168 g/mol. The Morgan fingerprint density at radius 2 is 2.08 bits per heavy atom. The van der Waals surface area contributed by atoms with Crippen molar-refractivity contribution in [1.29, 1.82) is 0 Å². The number of aliphatic hydroxyl groups is 1. The number of phenols is 1. The van der Waals surface area contributed by atoms with E-state index in [0.29, 0.717) is 11.4 Å². The summed E-state index contributed by atoms with van der Waals surface area (Å²) in [7, 11) is 0. The Labute approximate surface area is 77.0 Å². The smallest absolute Gasteiger partial charge is 0.118 e. The van der Waals surface area contributed by atoms with E-state index in [1.807, 2.05) is 6.92 Å². The lowest BCUT2D eigenvalue weighted by Gasteiger charge is -1.97. The van der Waals surface area contributed by atoms with Crippen LogP contribution in [0.4, 0.5) is 5.69 Å². The van der Waals surface area contributed by atoms with E-state index in [4.69, 9.17) is 15.9 Å². The summed E-state index contributed by atoms with van der Waals surface area (Å²) < 4.78 is 0. The number of rotatable bonds is 0. The summed E-state index contributed by atoms with van der Waals surface area (Å²) in [6.07, 6.45) is -0.167. The fourth-order valence-corrected chi connectivity index (χ4v) is 0.731. The molecule has 13 heavy (non-hydrogen) atoms. The molecule has 2 rings (SSSR count). The van der Waals surface area contributed by atoms with E-state index < -0.39 is 0 Å². The van der Waals surface area contributed by atoms with Crippen molar-refractivity contribution in [2.45, 2.75) is 13.2 Å². The second-order valence-electron chi connectivity index (χ2n) is 2.97. The molecule has 1 aliphatic heterocycles. The Morgan fingerprint density at radius 3 is 2.38 bits per heavy atom. The van der Waals surface area contributed by atoms with Gasteiger partial charge in [-0.15, -0.1) is 0 Å². The third-order valence-corrected chi connectivity index (χ3v) is 1.61. The van der Waals surface area contributed by atoms with Gasteiger partial charge >= 0.3 is 0 Å². The zero-order valence-corrected chi connectivity index (χ0v) is 7.49. The van der Waals surface area contributed by atoms with Gasteiger partial charge in [-0.2, -0.15) is 0 Å². The number of hydrogen-bond acceptors (Lipinski definition) is 4. The summed E-state index contributed by atoms with van der Waals surface area (Å²) in [6, 6.07) is 4.99. The highest BCUT2D eigenvalue weighted by Crippen LogP contribution is 2.17. The van der Waals surface area contributed by atoms with Crippen LogP contribution in [0.3, 0.4) is 0 Å². The van der Waals surface area contributed by atoms with Crippen molar-refractivity contribution >= 4 is 5.69 Å². The fraction of sp³-hybridized carbons (Fsp3) is 0.333. The Bertz CT molecular complexity index is 285. The summed E-state index contributed by atoms with van der Waals surface area (Å²) >= 11 is 0. The number of nitrogens with two attached hydrogens (primary N) is 1. The van der Waals surface area contributed by atoms with Gasteiger partial charge in [-0.3, -0.25) is 5.32 Å². The molecule has 4 heteroatoms. The van der Waals surface area contributed by atoms with Crippen LogP contribution in [0.25, 0.3) is 0 Å². The molecule has 1 heterocycles. The standard InChI is InChI=1S/C7H9NO.C2H5NO/c1-5-4-6(8)2-3-7(5)9;4-2-1-3-2/h2-4,9H,8H2,1H3;2-4H,1H2. The maximum absolute atomic E-state index is 8.99. The van der Waals surface area contributed by atoms with Crippen LogP contribution in [0, 0.1) is 6.92 Å². The number of aryl methyl sites for hydroxylation is 1. The maximum Gasteiger partial charge on any atom is 0.118 e. The lowest BCUT2D eigenvalue weighted by molar-refractivity contribution is 0.274. The van der Waals surface area contributed by atoms with E-state index in [0.717, 1.165) is 12.1 Å². The van der Waals surface area contributed by atoms with Crippen LogP contribution in [0.2, 0.25) is 0 Å². The summed E-state index contributed by atoms with van der Waals surface area (Å²) in [5, 5.41) is 19.7. The van der Waals surface area contributed by atoms with Crippen molar-refractivity contribution < 1.29 is 10.2 Å². The van der Waals surface area contributed by atoms with Gasteiger partial charge in [-0.05, 0) is 30.7 Å². The number of nitrogen functional groups attached to an aromatic ring is 1. The number of aliphatic hydroxyl groups excluding tert-OH is 1. The molecule has 0 spiro atoms. The molecule has 5 N–H and O–H groups in total. The molecule has 1 aliphatic rings. The monoisotopic (exact) mass is 182 g/mol. The molecule has 0 amide bonds. The average Bonchev–Trinajstić information content (AvgIpc) is 2.82. The minimum absolute atomic E-state index is 0.167. The van der Waals surface area contributed by atoms with Crippen LogP contribution >= 0.6 is 0 Å². The third-order valence-electron chi connectivity index (χ3n) is 1.61. The van der Waals surface area contributed by atoms with E-state index in [-0.39, 0.29) is 6.23 Å². The molecule has 1 fully saturated rings. The van der Waals surface area contributed by atoms with Crippen molar-refractivity contribution in [3.63, 3.8) is 0 Å². The molecule has 0 aliphatic carbocycles. The number of benzene rings is 1. The number of phenolic OH excluding ortho intramolecular Hbond substituents is 1. The van der Waals surface area contributed by atoms with Crippen LogP contribution in [0.15, 0.2) is 18.2 Å². The van der Waals surface area contributed by atoms with E-state index in [1.165, 1.54) is 0 Å². The quantitative estimate of drug-likeness (QED) is 0.262. The molecule has 0 radical (unpaired) electrons. The Kier molecular flexibility index (Phi) is 3.11. The SMILES string of the molecule is Cc1cc(N)ccc1O.OC1CN1. The number of anilines is 1. The predicted octanol–water partition coefficient (Wildman–Crippen LogP) is 0.191. The molecule has 1 saturated heterocycles. The third kappa shape index (κ3) is 3.78. The fourth-order valence-electron chi connectivity index (χ4n) is 0.731. The Balaban J connectivity index is 0.000000175. The van der Waals surface area contributed by atoms with Crippen LogP contribution in [0.1, 0.15) is 5.56 Å². The molecule has 0 bridgehead atoms. The van der Waals surface area contributed by atoms with Gasteiger partial charge in [0.25, 0.3) is 0 Å². The largest absolute Gasteiger partial charge is 0.508 e. The second kappa shape index (κ2) is 4.11. The molecule has 72 valence electrons. The van der Waals surface area contributed by atoms with Gasteiger partial charge in [0, 0.05) is 12.2 Å².